The van der Waals surface area contributed by atoms with Crippen LogP contribution in [-0.2, 0) is 0 Å². The molecule has 2 amide bonds. The first-order valence-corrected chi connectivity index (χ1v) is 3.31. The van der Waals surface area contributed by atoms with E-state index < -0.39 is 11.8 Å². The molecule has 0 fully saturated rings. The van der Waals surface area contributed by atoms with Crippen LogP contribution in [0, 0.1) is 0 Å². The summed E-state index contributed by atoms with van der Waals surface area (Å²) >= 11 is 0. The van der Waals surface area contributed by atoms with Gasteiger partial charge in [-0.3, -0.25) is 9.59 Å². The maximum atomic E-state index is 10.7. The molecule has 0 heterocycles. The Balaban J connectivity index is 0.00000144. The third kappa shape index (κ3) is 2.84. The first-order chi connectivity index (χ1) is 5.63. The van der Waals surface area contributed by atoms with E-state index in [-0.39, 0.29) is 40.7 Å². The largest absolute Gasteiger partial charge is 0.366 e. The molecule has 0 saturated carbocycles. The molecule has 0 aromatic heterocycles. The molecule has 0 atom stereocenters. The van der Waals surface area contributed by atoms with Gasteiger partial charge >= 0.3 is 0 Å². The minimum atomic E-state index is -0.649. The van der Waals surface area contributed by atoms with Crippen molar-refractivity contribution in [2.24, 2.45) is 11.5 Å². The van der Waals surface area contributed by atoms with Crippen LogP contribution < -0.4 is 11.5 Å². The Bertz CT molecular complexity index is 306. The van der Waals surface area contributed by atoms with E-state index in [4.69, 9.17) is 11.5 Å². The van der Waals surface area contributed by atoms with E-state index in [0.29, 0.717) is 0 Å². The zero-order valence-electron chi connectivity index (χ0n) is 7.28. The summed E-state index contributed by atoms with van der Waals surface area (Å²) in [5.74, 6) is -1.30. The van der Waals surface area contributed by atoms with Crippen LogP contribution in [0.2, 0.25) is 0 Å². The number of hydrogen-bond donors (Lipinski definition) is 2. The second kappa shape index (κ2) is 5.01. The van der Waals surface area contributed by atoms with Crippen molar-refractivity contribution in [1.29, 1.82) is 0 Å². The van der Waals surface area contributed by atoms with Gasteiger partial charge in [0.25, 0.3) is 0 Å². The van der Waals surface area contributed by atoms with Gasteiger partial charge in [0.05, 0.1) is 11.1 Å². The van der Waals surface area contributed by atoms with Crippen LogP contribution in [0.1, 0.15) is 20.7 Å². The molecule has 1 radical (unpaired) electrons. The average molecular weight is 187 g/mol. The van der Waals surface area contributed by atoms with E-state index in [2.05, 4.69) is 0 Å². The van der Waals surface area contributed by atoms with Crippen LogP contribution in [0.3, 0.4) is 0 Å². The standard InChI is InChI=1S/C8H8N2O2.Na/c9-7(11)5-3-1-2-4-6(5)8(10)12;/h1-4H,(H2,9,11)(H2,10,12);. The number of carbonyl (C=O) groups excluding carboxylic acids is 2. The molecule has 0 bridgehead atoms. The van der Waals surface area contributed by atoms with Crippen LogP contribution in [0.5, 0.6) is 0 Å². The molecule has 4 N–H and O–H groups in total. The molecule has 0 aliphatic heterocycles. The summed E-state index contributed by atoms with van der Waals surface area (Å²) in [6.07, 6.45) is 0. The van der Waals surface area contributed by atoms with Crippen molar-refractivity contribution in [2.45, 2.75) is 0 Å². The second-order valence-corrected chi connectivity index (χ2v) is 2.27. The summed E-state index contributed by atoms with van der Waals surface area (Å²) in [6, 6.07) is 6.16. The van der Waals surface area contributed by atoms with Gasteiger partial charge in [-0.1, -0.05) is 12.1 Å². The number of amides is 2. The van der Waals surface area contributed by atoms with Gasteiger partial charge in [-0.05, 0) is 12.1 Å². The Morgan fingerprint density at radius 2 is 1.23 bits per heavy atom. The molecule has 0 unspecified atom stereocenters. The van der Waals surface area contributed by atoms with Gasteiger partial charge in [-0.2, -0.15) is 0 Å². The quantitative estimate of drug-likeness (QED) is 0.611. The number of carbonyl (C=O) groups is 2. The maximum Gasteiger partial charge on any atom is 0.249 e. The second-order valence-electron chi connectivity index (χ2n) is 2.27. The van der Waals surface area contributed by atoms with Crippen molar-refractivity contribution in [1.82, 2.24) is 0 Å². The van der Waals surface area contributed by atoms with Gasteiger partial charge in [0.15, 0.2) is 0 Å². The third-order valence-electron chi connectivity index (χ3n) is 1.46. The summed E-state index contributed by atoms with van der Waals surface area (Å²) in [6.45, 7) is 0. The minimum absolute atomic E-state index is 0. The van der Waals surface area contributed by atoms with Gasteiger partial charge < -0.3 is 11.5 Å². The molecule has 0 aliphatic rings. The molecule has 0 spiro atoms. The van der Waals surface area contributed by atoms with Gasteiger partial charge in [-0.15, -0.1) is 0 Å². The van der Waals surface area contributed by atoms with Crippen LogP contribution >= 0.6 is 0 Å². The van der Waals surface area contributed by atoms with Crippen molar-refractivity contribution in [3.8, 4) is 0 Å². The Kier molecular flexibility index (Phi) is 4.69. The van der Waals surface area contributed by atoms with Gasteiger partial charge in [0.2, 0.25) is 11.8 Å². The number of rotatable bonds is 2. The molecule has 0 aliphatic carbocycles. The molecule has 4 nitrogen and oxygen atoms in total. The topological polar surface area (TPSA) is 86.2 Å². The van der Waals surface area contributed by atoms with Crippen LogP contribution in [0.15, 0.2) is 24.3 Å². The fraction of sp³-hybridized carbons (Fsp3) is 0. The molecular weight excluding hydrogens is 179 g/mol. The fourth-order valence-electron chi connectivity index (χ4n) is 0.913. The van der Waals surface area contributed by atoms with Crippen molar-refractivity contribution in [2.75, 3.05) is 0 Å². The summed E-state index contributed by atoms with van der Waals surface area (Å²) in [5.41, 5.74) is 10.3. The zero-order valence-corrected chi connectivity index (χ0v) is 9.28. The molecule has 1 aromatic carbocycles. The van der Waals surface area contributed by atoms with Crippen molar-refractivity contribution in [3.05, 3.63) is 35.4 Å². The molecular formula is C8H8N2NaO2. The number of nitrogens with two attached hydrogens (primary N) is 2. The summed E-state index contributed by atoms with van der Waals surface area (Å²) < 4.78 is 0. The van der Waals surface area contributed by atoms with Gasteiger partial charge in [-0.25, -0.2) is 0 Å². The molecule has 5 heteroatoms. The van der Waals surface area contributed by atoms with E-state index in [1.54, 1.807) is 12.1 Å². The molecule has 13 heavy (non-hydrogen) atoms. The number of hydrogen-bond acceptors (Lipinski definition) is 2. The Labute approximate surface area is 97.6 Å². The SMILES string of the molecule is NC(=O)c1ccccc1C(N)=O.[Na]. The van der Waals surface area contributed by atoms with E-state index >= 15 is 0 Å². The van der Waals surface area contributed by atoms with E-state index in [0.717, 1.165) is 0 Å². The van der Waals surface area contributed by atoms with Crippen molar-refractivity contribution < 1.29 is 9.59 Å². The van der Waals surface area contributed by atoms with Crippen LogP contribution in [0.4, 0.5) is 0 Å². The minimum Gasteiger partial charge on any atom is -0.366 e. The predicted molar refractivity (Wildman–Crippen MR) is 49.2 cm³/mol. The summed E-state index contributed by atoms with van der Waals surface area (Å²) in [4.78, 5) is 21.5. The molecule has 63 valence electrons. The summed E-state index contributed by atoms with van der Waals surface area (Å²) in [5, 5.41) is 0. The average Bonchev–Trinajstić information content (AvgIpc) is 2.04. The molecule has 0 saturated heterocycles. The predicted octanol–water partition coefficient (Wildman–Crippen LogP) is -0.496. The maximum absolute atomic E-state index is 10.7. The Hall–Kier alpha value is -0.840. The Morgan fingerprint density at radius 1 is 0.923 bits per heavy atom. The third-order valence-corrected chi connectivity index (χ3v) is 1.46. The Morgan fingerprint density at radius 3 is 1.46 bits per heavy atom. The number of primary amides is 2. The van der Waals surface area contributed by atoms with E-state index in [1.807, 2.05) is 0 Å². The zero-order chi connectivity index (χ0) is 9.14. The summed E-state index contributed by atoms with van der Waals surface area (Å²) in [7, 11) is 0. The van der Waals surface area contributed by atoms with Crippen LogP contribution in [0.25, 0.3) is 0 Å². The van der Waals surface area contributed by atoms with E-state index in [9.17, 15) is 9.59 Å². The number of benzene rings is 1. The van der Waals surface area contributed by atoms with Crippen molar-refractivity contribution >= 4 is 41.4 Å². The van der Waals surface area contributed by atoms with Crippen LogP contribution in [-0.4, -0.2) is 41.4 Å². The smallest absolute Gasteiger partial charge is 0.249 e. The fourth-order valence-corrected chi connectivity index (χ4v) is 0.913. The van der Waals surface area contributed by atoms with Crippen molar-refractivity contribution in [3.63, 3.8) is 0 Å². The van der Waals surface area contributed by atoms with Gasteiger partial charge in [0, 0.05) is 29.6 Å². The molecule has 1 aromatic rings. The molecule has 1 rings (SSSR count). The van der Waals surface area contributed by atoms with E-state index in [1.165, 1.54) is 12.1 Å². The van der Waals surface area contributed by atoms with Gasteiger partial charge in [0.1, 0.15) is 0 Å². The normalized spacial score (nSPS) is 8.62. The first kappa shape index (κ1) is 12.2. The first-order valence-electron chi connectivity index (χ1n) is 3.31. The monoisotopic (exact) mass is 187 g/mol.